The number of nitrogens with two attached hydrogens (primary N) is 3. The third-order valence-corrected chi connectivity index (χ3v) is 4.08. The number of phenolic OH excluding ortho intramolecular Hbond substituents is 4. The molecule has 11 N–H and O–H groups in total. The lowest BCUT2D eigenvalue weighted by Crippen LogP contribution is -2.07. The lowest BCUT2D eigenvalue weighted by Gasteiger charge is -1.96. The fraction of sp³-hybridized carbons (Fsp3) is 0. The summed E-state index contributed by atoms with van der Waals surface area (Å²) < 4.78 is 0. The molecular formula is C24H26N6O8. The first-order chi connectivity index (χ1) is 17.9. The van der Waals surface area contributed by atoms with E-state index in [1.54, 1.807) is 42.5 Å². The standard InChI is InChI=1S/C6H7N3O2.C6H6N2O3.C6H7NO.C6H6O2/c7-5-1-3-6(4-2-5)8-9(10)11;7-5-2-1-4(8(10)11)3-6(5)9;7-5-1-3-6(8)4-2-5;7-5-2-1-3-6(8)4-5/h1-4,8H,7H2;1-3,9H,7H2;1-4,8H,7H2;1-4,7-8H. The average molecular weight is 527 g/mol. The van der Waals surface area contributed by atoms with E-state index in [0.717, 1.165) is 6.07 Å². The van der Waals surface area contributed by atoms with Crippen LogP contribution in [0.4, 0.5) is 28.4 Å². The van der Waals surface area contributed by atoms with Gasteiger partial charge in [0.25, 0.3) is 5.69 Å². The number of benzene rings is 4. The zero-order chi connectivity index (χ0) is 28.7. The molecule has 0 amide bonds. The zero-order valence-corrected chi connectivity index (χ0v) is 19.7. The molecule has 4 aromatic rings. The summed E-state index contributed by atoms with van der Waals surface area (Å²) in [6, 6.07) is 22.0. The molecule has 0 bridgehead atoms. The molecule has 14 nitrogen and oxygen atoms in total. The van der Waals surface area contributed by atoms with E-state index in [-0.39, 0.29) is 34.4 Å². The number of aromatic hydroxyl groups is 4. The van der Waals surface area contributed by atoms with Gasteiger partial charge in [-0.15, -0.1) is 5.43 Å². The van der Waals surface area contributed by atoms with Gasteiger partial charge < -0.3 is 37.6 Å². The number of nitro benzene ring substituents is 1. The van der Waals surface area contributed by atoms with Gasteiger partial charge in [-0.2, -0.15) is 0 Å². The first-order valence-electron chi connectivity index (χ1n) is 10.4. The highest BCUT2D eigenvalue weighted by atomic mass is 16.7. The summed E-state index contributed by atoms with van der Waals surface area (Å²) in [6.07, 6.45) is 0. The number of nitrogens with one attached hydrogen (secondary N) is 1. The number of hydrogen-bond acceptors (Lipinski definition) is 11. The fourth-order valence-electron chi connectivity index (χ4n) is 2.28. The number of phenols is 4. The van der Waals surface area contributed by atoms with Gasteiger partial charge in [0.05, 0.1) is 16.7 Å². The molecule has 0 unspecified atom stereocenters. The number of hydrogen-bond donors (Lipinski definition) is 8. The molecule has 14 heteroatoms. The van der Waals surface area contributed by atoms with Crippen LogP contribution >= 0.6 is 0 Å². The highest BCUT2D eigenvalue weighted by molar-refractivity contribution is 5.56. The number of rotatable bonds is 3. The van der Waals surface area contributed by atoms with Crippen molar-refractivity contribution in [3.05, 3.63) is 111 Å². The van der Waals surface area contributed by atoms with Gasteiger partial charge in [-0.25, -0.2) is 10.1 Å². The molecule has 0 radical (unpaired) electrons. The molecule has 0 aromatic heterocycles. The lowest BCUT2D eigenvalue weighted by atomic mass is 10.3. The van der Waals surface area contributed by atoms with Crippen LogP contribution in [0.15, 0.2) is 91.0 Å². The van der Waals surface area contributed by atoms with Gasteiger partial charge in [0.15, 0.2) is 5.03 Å². The minimum Gasteiger partial charge on any atom is -0.508 e. The number of hydrazine groups is 1. The van der Waals surface area contributed by atoms with Crippen LogP contribution in [0.3, 0.4) is 0 Å². The van der Waals surface area contributed by atoms with Crippen molar-refractivity contribution < 1.29 is 30.4 Å². The van der Waals surface area contributed by atoms with Gasteiger partial charge in [0, 0.05) is 23.5 Å². The van der Waals surface area contributed by atoms with Crippen LogP contribution < -0.4 is 22.6 Å². The predicted octanol–water partition coefficient (Wildman–Crippen LogP) is 3.83. The third kappa shape index (κ3) is 12.5. The van der Waals surface area contributed by atoms with E-state index in [4.69, 9.17) is 37.6 Å². The second-order valence-electron chi connectivity index (χ2n) is 7.10. The van der Waals surface area contributed by atoms with Gasteiger partial charge in [-0.05, 0) is 66.7 Å². The topological polar surface area (TPSA) is 257 Å². The quantitative estimate of drug-likeness (QED) is 0.0622. The molecule has 0 aliphatic rings. The molecular weight excluding hydrogens is 500 g/mol. The summed E-state index contributed by atoms with van der Waals surface area (Å²) in [5, 5.41) is 54.3. The molecule has 0 aliphatic heterocycles. The van der Waals surface area contributed by atoms with Crippen molar-refractivity contribution in [3.63, 3.8) is 0 Å². The Hall–Kier alpha value is -5.92. The van der Waals surface area contributed by atoms with E-state index in [0.29, 0.717) is 17.1 Å². The van der Waals surface area contributed by atoms with Gasteiger partial charge in [-0.3, -0.25) is 10.1 Å². The van der Waals surface area contributed by atoms with Crippen molar-refractivity contribution in [3.8, 4) is 23.0 Å². The van der Waals surface area contributed by atoms with Crippen LogP contribution in [0.25, 0.3) is 0 Å². The summed E-state index contributed by atoms with van der Waals surface area (Å²) in [5.41, 5.74) is 19.5. The Kier molecular flexibility index (Phi) is 12.0. The summed E-state index contributed by atoms with van der Waals surface area (Å²) in [5.74, 6) is 0.161. The molecule has 0 aliphatic carbocycles. The van der Waals surface area contributed by atoms with Crippen LogP contribution in [0, 0.1) is 20.2 Å². The Morgan fingerprint density at radius 3 is 1.50 bits per heavy atom. The normalized spacial score (nSPS) is 9.16. The zero-order valence-electron chi connectivity index (χ0n) is 19.7. The highest BCUT2D eigenvalue weighted by Gasteiger charge is 2.07. The number of non-ortho nitro benzene ring substituents is 1. The first kappa shape index (κ1) is 30.1. The van der Waals surface area contributed by atoms with Crippen LogP contribution in [0.2, 0.25) is 0 Å². The maximum atomic E-state index is 10.1. The summed E-state index contributed by atoms with van der Waals surface area (Å²) in [7, 11) is 0. The Labute approximate surface area is 216 Å². The molecule has 38 heavy (non-hydrogen) atoms. The van der Waals surface area contributed by atoms with E-state index >= 15 is 0 Å². The molecule has 0 spiro atoms. The van der Waals surface area contributed by atoms with Crippen LogP contribution in [0.1, 0.15) is 0 Å². The van der Waals surface area contributed by atoms with Crippen molar-refractivity contribution in [1.82, 2.24) is 0 Å². The van der Waals surface area contributed by atoms with Crippen molar-refractivity contribution >= 4 is 28.4 Å². The fourth-order valence-corrected chi connectivity index (χ4v) is 2.28. The molecule has 0 saturated carbocycles. The molecule has 0 heterocycles. The van der Waals surface area contributed by atoms with E-state index in [1.807, 2.05) is 5.43 Å². The van der Waals surface area contributed by atoms with Crippen LogP contribution in [0.5, 0.6) is 23.0 Å². The number of nitro groups is 2. The first-order valence-corrected chi connectivity index (χ1v) is 10.4. The minimum absolute atomic E-state index is 0.0880. The van der Waals surface area contributed by atoms with E-state index < -0.39 is 9.96 Å². The average Bonchev–Trinajstić information content (AvgIpc) is 2.85. The molecule has 200 valence electrons. The van der Waals surface area contributed by atoms with Crippen molar-refractivity contribution in [2.24, 2.45) is 0 Å². The van der Waals surface area contributed by atoms with E-state index in [2.05, 4.69) is 0 Å². The molecule has 4 rings (SSSR count). The number of nitrogens with zero attached hydrogens (tertiary/aromatic N) is 2. The van der Waals surface area contributed by atoms with E-state index in [9.17, 15) is 20.2 Å². The maximum absolute atomic E-state index is 10.1. The lowest BCUT2D eigenvalue weighted by molar-refractivity contribution is -0.445. The smallest absolute Gasteiger partial charge is 0.273 e. The van der Waals surface area contributed by atoms with Crippen LogP contribution in [-0.4, -0.2) is 30.4 Å². The second-order valence-corrected chi connectivity index (χ2v) is 7.10. The number of anilines is 4. The third-order valence-electron chi connectivity index (χ3n) is 4.08. The van der Waals surface area contributed by atoms with Gasteiger partial charge in [-0.1, -0.05) is 6.07 Å². The SMILES string of the molecule is Nc1ccc(N[N+](=O)[O-])cc1.Nc1ccc(O)cc1.Nc1ccc([N+](=O)[O-])cc1O.Oc1cccc(O)c1. The largest absolute Gasteiger partial charge is 0.508 e. The van der Waals surface area contributed by atoms with E-state index in [1.165, 1.54) is 42.5 Å². The molecule has 0 saturated heterocycles. The van der Waals surface area contributed by atoms with Gasteiger partial charge in [0.1, 0.15) is 28.7 Å². The Bertz CT molecular complexity index is 1280. The summed E-state index contributed by atoms with van der Waals surface area (Å²) >= 11 is 0. The molecule has 4 aromatic carbocycles. The van der Waals surface area contributed by atoms with Crippen LogP contribution in [-0.2, 0) is 0 Å². The van der Waals surface area contributed by atoms with Gasteiger partial charge >= 0.3 is 0 Å². The minimum atomic E-state index is -0.620. The van der Waals surface area contributed by atoms with Crippen molar-refractivity contribution in [2.45, 2.75) is 0 Å². The molecule has 0 atom stereocenters. The van der Waals surface area contributed by atoms with Crippen molar-refractivity contribution in [2.75, 3.05) is 22.6 Å². The van der Waals surface area contributed by atoms with Crippen molar-refractivity contribution in [1.29, 1.82) is 0 Å². The predicted molar refractivity (Wildman–Crippen MR) is 143 cm³/mol. The summed E-state index contributed by atoms with van der Waals surface area (Å²) in [6.45, 7) is 0. The Morgan fingerprint density at radius 2 is 1.13 bits per heavy atom. The monoisotopic (exact) mass is 526 g/mol. The Morgan fingerprint density at radius 1 is 0.632 bits per heavy atom. The maximum Gasteiger partial charge on any atom is 0.273 e. The molecule has 0 fully saturated rings. The highest BCUT2D eigenvalue weighted by Crippen LogP contribution is 2.24. The second kappa shape index (κ2) is 15.2. The Balaban J connectivity index is 0.000000256. The van der Waals surface area contributed by atoms with Gasteiger partial charge in [0.2, 0.25) is 0 Å². The summed E-state index contributed by atoms with van der Waals surface area (Å²) in [4.78, 5) is 19.4. The number of nitrogen functional groups attached to an aromatic ring is 3.